The minimum Gasteiger partial charge on any atom is -0.506 e. The van der Waals surface area contributed by atoms with Gasteiger partial charge in [-0.15, -0.1) is 0 Å². The third-order valence-corrected chi connectivity index (χ3v) is 4.41. The second-order valence-electron chi connectivity index (χ2n) is 7.00. The van der Waals surface area contributed by atoms with E-state index in [9.17, 15) is 24.8 Å². The molecule has 0 bridgehead atoms. The third-order valence-electron chi connectivity index (χ3n) is 4.41. The highest BCUT2D eigenvalue weighted by molar-refractivity contribution is 6.35. The number of nitro benzene ring substituents is 1. The van der Waals surface area contributed by atoms with Gasteiger partial charge in [0.05, 0.1) is 16.2 Å². The molecule has 0 heterocycles. The number of benzene rings is 2. The minimum absolute atomic E-state index is 0.0731. The number of amides is 1. The predicted molar refractivity (Wildman–Crippen MR) is 108 cm³/mol. The average Bonchev–Trinajstić information content (AvgIpc) is 2.95. The van der Waals surface area contributed by atoms with Gasteiger partial charge in [0.15, 0.2) is 5.78 Å². The van der Waals surface area contributed by atoms with E-state index in [0.29, 0.717) is 17.5 Å². The van der Waals surface area contributed by atoms with Crippen molar-refractivity contribution >= 4 is 28.8 Å². The molecule has 0 spiro atoms. The molecule has 1 amide bonds. The molecule has 8 heteroatoms. The van der Waals surface area contributed by atoms with Crippen LogP contribution in [0.4, 0.5) is 5.69 Å². The Morgan fingerprint density at radius 2 is 1.76 bits per heavy atom. The van der Waals surface area contributed by atoms with Crippen molar-refractivity contribution in [1.82, 2.24) is 5.43 Å². The first-order chi connectivity index (χ1) is 13.8. The molecule has 2 aromatic rings. The monoisotopic (exact) mass is 393 g/mol. The van der Waals surface area contributed by atoms with E-state index in [1.807, 2.05) is 13.8 Å². The molecule has 0 unspecified atom stereocenters. The van der Waals surface area contributed by atoms with Crippen LogP contribution in [0.2, 0.25) is 0 Å². The highest BCUT2D eigenvalue weighted by atomic mass is 16.6. The van der Waals surface area contributed by atoms with Crippen LogP contribution >= 0.6 is 0 Å². The van der Waals surface area contributed by atoms with Gasteiger partial charge in [0.25, 0.3) is 11.6 Å². The third kappa shape index (κ3) is 4.06. The van der Waals surface area contributed by atoms with Crippen LogP contribution in [-0.2, 0) is 0 Å². The van der Waals surface area contributed by atoms with Crippen LogP contribution in [0.1, 0.15) is 46.5 Å². The van der Waals surface area contributed by atoms with Crippen molar-refractivity contribution in [3.05, 3.63) is 80.9 Å². The maximum absolute atomic E-state index is 12.8. The Bertz CT molecular complexity index is 1050. The number of ketones is 1. The van der Waals surface area contributed by atoms with Gasteiger partial charge >= 0.3 is 0 Å². The predicted octanol–water partition coefficient (Wildman–Crippen LogP) is 3.89. The number of allylic oxidation sites excluding steroid dienone is 1. The lowest BCUT2D eigenvalue weighted by Gasteiger charge is -2.10. The molecule has 0 aliphatic heterocycles. The SMILES string of the molecule is CC(C)C/C(=N\NC(=O)c1ccc([N+](=O)[O-])cc1)C1=C(O)c2ccccc2C1=O. The van der Waals surface area contributed by atoms with Crippen LogP contribution in [0.5, 0.6) is 0 Å². The maximum atomic E-state index is 12.8. The molecule has 1 aliphatic carbocycles. The van der Waals surface area contributed by atoms with Gasteiger partial charge in [-0.2, -0.15) is 5.10 Å². The van der Waals surface area contributed by atoms with Crippen molar-refractivity contribution in [1.29, 1.82) is 0 Å². The quantitative estimate of drug-likeness (QED) is 0.438. The molecule has 2 aromatic carbocycles. The van der Waals surface area contributed by atoms with Gasteiger partial charge in [-0.1, -0.05) is 38.1 Å². The largest absolute Gasteiger partial charge is 0.506 e. The van der Waals surface area contributed by atoms with E-state index in [2.05, 4.69) is 10.5 Å². The van der Waals surface area contributed by atoms with Crippen LogP contribution < -0.4 is 5.43 Å². The molecule has 0 atom stereocenters. The summed E-state index contributed by atoms with van der Waals surface area (Å²) in [6, 6.07) is 11.8. The van der Waals surface area contributed by atoms with Crippen LogP contribution in [0.15, 0.2) is 59.2 Å². The summed E-state index contributed by atoms with van der Waals surface area (Å²) in [5.74, 6) is -0.970. The van der Waals surface area contributed by atoms with Crippen molar-refractivity contribution in [2.75, 3.05) is 0 Å². The number of nitro groups is 1. The molecule has 1 aliphatic rings. The van der Waals surface area contributed by atoms with Crippen LogP contribution in [0.25, 0.3) is 5.76 Å². The van der Waals surface area contributed by atoms with E-state index in [-0.39, 0.29) is 40.0 Å². The van der Waals surface area contributed by atoms with Gasteiger partial charge in [0, 0.05) is 28.8 Å². The van der Waals surface area contributed by atoms with Crippen LogP contribution in [0.3, 0.4) is 0 Å². The molecular formula is C21H19N3O5. The summed E-state index contributed by atoms with van der Waals surface area (Å²) < 4.78 is 0. The standard InChI is InChI=1S/C21H19N3O5/c1-12(2)11-17(18-19(25)15-5-3-4-6-16(15)20(18)26)22-23-21(27)13-7-9-14(10-8-13)24(28)29/h3-10,12,25H,11H2,1-2H3,(H,23,27)/b22-17+. The second-order valence-corrected chi connectivity index (χ2v) is 7.00. The Labute approximate surface area is 166 Å². The van der Waals surface area contributed by atoms with Gasteiger partial charge in [-0.3, -0.25) is 19.7 Å². The average molecular weight is 393 g/mol. The smallest absolute Gasteiger partial charge is 0.271 e. The fourth-order valence-electron chi connectivity index (χ4n) is 3.04. The molecule has 3 rings (SSSR count). The van der Waals surface area contributed by atoms with E-state index < -0.39 is 10.8 Å². The van der Waals surface area contributed by atoms with Gasteiger partial charge in [0.2, 0.25) is 0 Å². The minimum atomic E-state index is -0.579. The summed E-state index contributed by atoms with van der Waals surface area (Å²) in [5.41, 5.74) is 3.60. The summed E-state index contributed by atoms with van der Waals surface area (Å²) in [5, 5.41) is 25.4. The second kappa shape index (κ2) is 8.05. The number of nitrogens with one attached hydrogen (secondary N) is 1. The summed E-state index contributed by atoms with van der Waals surface area (Å²) >= 11 is 0. The number of hydrazone groups is 1. The van der Waals surface area contributed by atoms with Crippen molar-refractivity contribution in [3.8, 4) is 0 Å². The van der Waals surface area contributed by atoms with E-state index in [0.717, 1.165) is 0 Å². The first-order valence-electron chi connectivity index (χ1n) is 8.98. The molecule has 0 saturated heterocycles. The van der Waals surface area contributed by atoms with E-state index >= 15 is 0 Å². The number of fused-ring (bicyclic) bond motifs is 1. The first kappa shape index (κ1) is 19.9. The summed E-state index contributed by atoms with van der Waals surface area (Å²) in [4.78, 5) is 35.3. The van der Waals surface area contributed by atoms with E-state index in [1.165, 1.54) is 24.3 Å². The van der Waals surface area contributed by atoms with E-state index in [1.54, 1.807) is 24.3 Å². The molecule has 2 N–H and O–H groups in total. The summed E-state index contributed by atoms with van der Waals surface area (Å²) in [7, 11) is 0. The number of nitrogens with zero attached hydrogens (tertiary/aromatic N) is 2. The summed E-state index contributed by atoms with van der Waals surface area (Å²) in [6.45, 7) is 3.86. The lowest BCUT2D eigenvalue weighted by atomic mass is 9.98. The van der Waals surface area contributed by atoms with Crippen LogP contribution in [0, 0.1) is 16.0 Å². The van der Waals surface area contributed by atoms with E-state index in [4.69, 9.17) is 0 Å². The van der Waals surface area contributed by atoms with Gasteiger partial charge < -0.3 is 5.11 Å². The van der Waals surface area contributed by atoms with Gasteiger partial charge in [0.1, 0.15) is 5.76 Å². The number of aliphatic hydroxyl groups excluding tert-OH is 1. The first-order valence-corrected chi connectivity index (χ1v) is 8.98. The van der Waals surface area contributed by atoms with Gasteiger partial charge in [-0.05, 0) is 24.5 Å². The number of aliphatic hydroxyl groups is 1. The molecular weight excluding hydrogens is 374 g/mol. The number of Topliss-reactive ketones (excluding diaryl/α,β-unsaturated/α-hetero) is 1. The Kier molecular flexibility index (Phi) is 5.54. The summed E-state index contributed by atoms with van der Waals surface area (Å²) in [6.07, 6.45) is 0.361. The fraction of sp³-hybridized carbons (Fsp3) is 0.190. The number of carbonyl (C=O) groups is 2. The fourth-order valence-corrected chi connectivity index (χ4v) is 3.04. The topological polar surface area (TPSA) is 122 Å². The van der Waals surface area contributed by atoms with Gasteiger partial charge in [-0.25, -0.2) is 5.43 Å². The van der Waals surface area contributed by atoms with Crippen molar-refractivity contribution in [2.24, 2.45) is 11.0 Å². The highest BCUT2D eigenvalue weighted by Gasteiger charge is 2.32. The number of hydrogen-bond acceptors (Lipinski definition) is 6. The van der Waals surface area contributed by atoms with Crippen molar-refractivity contribution < 1.29 is 19.6 Å². The van der Waals surface area contributed by atoms with Crippen molar-refractivity contribution in [2.45, 2.75) is 20.3 Å². The number of hydrogen-bond donors (Lipinski definition) is 2. The zero-order valence-electron chi connectivity index (χ0n) is 15.9. The number of rotatable bonds is 6. The normalized spacial score (nSPS) is 13.6. The Morgan fingerprint density at radius 3 is 2.31 bits per heavy atom. The van der Waals surface area contributed by atoms with Crippen molar-refractivity contribution in [3.63, 3.8) is 0 Å². The van der Waals surface area contributed by atoms with Crippen LogP contribution in [-0.4, -0.2) is 27.4 Å². The number of non-ortho nitro benzene ring substituents is 1. The number of carbonyl (C=O) groups excluding carboxylic acids is 2. The molecule has 148 valence electrons. The molecule has 0 aromatic heterocycles. The molecule has 29 heavy (non-hydrogen) atoms. The molecule has 0 radical (unpaired) electrons. The Hall–Kier alpha value is -3.81. The maximum Gasteiger partial charge on any atom is 0.271 e. The molecule has 0 fully saturated rings. The molecule has 8 nitrogen and oxygen atoms in total. The zero-order valence-corrected chi connectivity index (χ0v) is 15.9. The Morgan fingerprint density at radius 1 is 1.14 bits per heavy atom. The molecule has 0 saturated carbocycles. The Balaban J connectivity index is 1.89. The zero-order chi connectivity index (χ0) is 21.1. The lowest BCUT2D eigenvalue weighted by molar-refractivity contribution is -0.384. The lowest BCUT2D eigenvalue weighted by Crippen LogP contribution is -2.23. The highest BCUT2D eigenvalue weighted by Crippen LogP contribution is 2.32.